The van der Waals surface area contributed by atoms with Gasteiger partial charge in [-0.15, -0.1) is 0 Å². The van der Waals surface area contributed by atoms with Crippen molar-refractivity contribution in [3.05, 3.63) is 77.9 Å². The van der Waals surface area contributed by atoms with Gasteiger partial charge in [0.15, 0.2) is 0 Å². The number of nitrogens with zero attached hydrogens (tertiary/aromatic N) is 1. The minimum absolute atomic E-state index is 0.101. The first kappa shape index (κ1) is 32.6. The van der Waals surface area contributed by atoms with Crippen LogP contribution in [0, 0.1) is 12.8 Å². The number of hydrogen-bond acceptors (Lipinski definition) is 4. The molecule has 0 radical (unpaired) electrons. The Morgan fingerprint density at radius 2 is 1.50 bits per heavy atom. The summed E-state index contributed by atoms with van der Waals surface area (Å²) in [6, 6.07) is 19.5. The second-order valence-corrected chi connectivity index (χ2v) is 13.0. The number of nitrogens with one attached hydrogen (secondary N) is 2. The molecule has 7 nitrogen and oxygen atoms in total. The summed E-state index contributed by atoms with van der Waals surface area (Å²) in [6.45, 7) is 17.2. The molecule has 3 aromatic rings. The number of amides is 3. The molecular formula is C35H47N3O4. The Hall–Kier alpha value is -3.87. The maximum atomic E-state index is 14.6. The third kappa shape index (κ3) is 8.34. The van der Waals surface area contributed by atoms with Crippen molar-refractivity contribution in [2.24, 2.45) is 5.92 Å². The fraction of sp³-hybridized carbons (Fsp3) is 0.457. The van der Waals surface area contributed by atoms with E-state index < -0.39 is 29.3 Å². The summed E-state index contributed by atoms with van der Waals surface area (Å²) in [5.74, 6) is -0.554. The molecule has 2 N–H and O–H groups in total. The van der Waals surface area contributed by atoms with Crippen molar-refractivity contribution in [1.29, 1.82) is 0 Å². The summed E-state index contributed by atoms with van der Waals surface area (Å²) >= 11 is 0. The molecule has 0 saturated carbocycles. The Kier molecular flexibility index (Phi) is 10.4. The minimum Gasteiger partial charge on any atom is -0.444 e. The number of anilines is 1. The van der Waals surface area contributed by atoms with Crippen LogP contribution in [0.3, 0.4) is 0 Å². The fourth-order valence-electron chi connectivity index (χ4n) is 5.02. The zero-order valence-corrected chi connectivity index (χ0v) is 26.6. The highest BCUT2D eigenvalue weighted by Crippen LogP contribution is 2.35. The van der Waals surface area contributed by atoms with E-state index in [1.165, 1.54) is 0 Å². The maximum absolute atomic E-state index is 14.6. The fourth-order valence-corrected chi connectivity index (χ4v) is 5.02. The lowest BCUT2D eigenvalue weighted by Gasteiger charge is -2.45. The zero-order chi connectivity index (χ0) is 31.2. The van der Waals surface area contributed by atoms with Crippen molar-refractivity contribution >= 4 is 34.4 Å². The van der Waals surface area contributed by atoms with Gasteiger partial charge in [0, 0.05) is 11.2 Å². The van der Waals surface area contributed by atoms with E-state index in [0.717, 1.165) is 21.9 Å². The first-order valence-corrected chi connectivity index (χ1v) is 14.8. The van der Waals surface area contributed by atoms with Gasteiger partial charge in [0.2, 0.25) is 5.91 Å². The van der Waals surface area contributed by atoms with Gasteiger partial charge in [-0.3, -0.25) is 9.59 Å². The summed E-state index contributed by atoms with van der Waals surface area (Å²) < 4.78 is 5.52. The lowest BCUT2D eigenvalue weighted by Crippen LogP contribution is -2.59. The quantitative estimate of drug-likeness (QED) is 0.259. The van der Waals surface area contributed by atoms with Crippen LogP contribution >= 0.6 is 0 Å². The molecule has 2 unspecified atom stereocenters. The Labute approximate surface area is 251 Å². The standard InChI is InChI=1S/C35H47N3O4/c1-10-35(8,9)38(32(40)29(21-23(2)3)37-33(41)42-34(5,6)7)30(28-18-14-11-15-24(28)4)31(39)36-27-20-19-25-16-12-13-17-26(25)22-27/h11-20,22-23,29-30H,10,21H2,1-9H3,(H,36,39)(H,37,41). The molecule has 3 amide bonds. The van der Waals surface area contributed by atoms with Crippen LogP contribution in [0.2, 0.25) is 0 Å². The van der Waals surface area contributed by atoms with E-state index in [9.17, 15) is 14.4 Å². The van der Waals surface area contributed by atoms with Gasteiger partial charge in [0.25, 0.3) is 5.91 Å². The Morgan fingerprint density at radius 3 is 2.10 bits per heavy atom. The summed E-state index contributed by atoms with van der Waals surface area (Å²) in [7, 11) is 0. The second-order valence-electron chi connectivity index (χ2n) is 13.0. The number of carbonyl (C=O) groups excluding carboxylic acids is 3. The topological polar surface area (TPSA) is 87.7 Å². The molecule has 0 heterocycles. The molecular weight excluding hydrogens is 526 g/mol. The zero-order valence-electron chi connectivity index (χ0n) is 26.6. The van der Waals surface area contributed by atoms with Gasteiger partial charge in [0.1, 0.15) is 17.7 Å². The predicted octanol–water partition coefficient (Wildman–Crippen LogP) is 7.78. The van der Waals surface area contributed by atoms with Crippen LogP contribution in [0.5, 0.6) is 0 Å². The SMILES string of the molecule is CCC(C)(C)N(C(=O)C(CC(C)C)NC(=O)OC(C)(C)C)C(C(=O)Nc1ccc2ccccc2c1)c1ccccc1C. The van der Waals surface area contributed by atoms with Crippen LogP contribution in [-0.2, 0) is 14.3 Å². The predicted molar refractivity (Wildman–Crippen MR) is 170 cm³/mol. The number of rotatable bonds is 10. The van der Waals surface area contributed by atoms with E-state index in [1.54, 1.807) is 25.7 Å². The average Bonchev–Trinajstić information content (AvgIpc) is 2.90. The van der Waals surface area contributed by atoms with Crippen molar-refractivity contribution in [1.82, 2.24) is 10.2 Å². The molecule has 0 bridgehead atoms. The number of alkyl carbamates (subject to hydrolysis) is 1. The smallest absolute Gasteiger partial charge is 0.408 e. The van der Waals surface area contributed by atoms with Gasteiger partial charge in [-0.25, -0.2) is 4.79 Å². The van der Waals surface area contributed by atoms with Crippen molar-refractivity contribution in [3.63, 3.8) is 0 Å². The van der Waals surface area contributed by atoms with Gasteiger partial charge in [-0.1, -0.05) is 75.4 Å². The highest BCUT2D eigenvalue weighted by Gasteiger charge is 2.43. The molecule has 0 spiro atoms. The van der Waals surface area contributed by atoms with E-state index in [-0.39, 0.29) is 17.7 Å². The normalized spacial score (nSPS) is 13.4. The molecule has 0 aromatic heterocycles. The van der Waals surface area contributed by atoms with Crippen LogP contribution < -0.4 is 10.6 Å². The maximum Gasteiger partial charge on any atom is 0.408 e. The molecule has 7 heteroatoms. The molecule has 0 aliphatic rings. The van der Waals surface area contributed by atoms with Crippen molar-refractivity contribution < 1.29 is 19.1 Å². The molecule has 0 aliphatic carbocycles. The summed E-state index contributed by atoms with van der Waals surface area (Å²) in [5.41, 5.74) is 0.814. The monoisotopic (exact) mass is 573 g/mol. The molecule has 0 fully saturated rings. The van der Waals surface area contributed by atoms with Gasteiger partial charge in [0.05, 0.1) is 0 Å². The van der Waals surface area contributed by atoms with Gasteiger partial charge in [-0.2, -0.15) is 0 Å². The summed E-state index contributed by atoms with van der Waals surface area (Å²) in [6.07, 6.45) is 0.315. The molecule has 226 valence electrons. The number of aryl methyl sites for hydroxylation is 1. The first-order valence-electron chi connectivity index (χ1n) is 14.8. The Balaban J connectivity index is 2.11. The number of benzene rings is 3. The molecule has 3 rings (SSSR count). The van der Waals surface area contributed by atoms with E-state index in [0.29, 0.717) is 18.5 Å². The van der Waals surface area contributed by atoms with Crippen LogP contribution in [0.4, 0.5) is 10.5 Å². The number of ether oxygens (including phenoxy) is 1. The first-order chi connectivity index (χ1) is 19.6. The molecule has 42 heavy (non-hydrogen) atoms. The van der Waals surface area contributed by atoms with E-state index in [4.69, 9.17) is 4.74 Å². The summed E-state index contributed by atoms with van der Waals surface area (Å²) in [5, 5.41) is 8.00. The number of carbonyl (C=O) groups is 3. The highest BCUT2D eigenvalue weighted by atomic mass is 16.6. The van der Waals surface area contributed by atoms with E-state index in [2.05, 4.69) is 10.6 Å². The number of hydrogen-bond donors (Lipinski definition) is 2. The van der Waals surface area contributed by atoms with E-state index in [1.807, 2.05) is 108 Å². The van der Waals surface area contributed by atoms with E-state index >= 15 is 0 Å². The lowest BCUT2D eigenvalue weighted by atomic mass is 9.89. The van der Waals surface area contributed by atoms with Gasteiger partial charge < -0.3 is 20.3 Å². The van der Waals surface area contributed by atoms with Crippen LogP contribution in [0.25, 0.3) is 10.8 Å². The largest absolute Gasteiger partial charge is 0.444 e. The Morgan fingerprint density at radius 1 is 0.881 bits per heavy atom. The molecule has 0 saturated heterocycles. The van der Waals surface area contributed by atoms with Crippen molar-refractivity contribution in [2.45, 2.75) is 98.4 Å². The van der Waals surface area contributed by atoms with Crippen LogP contribution in [0.15, 0.2) is 66.7 Å². The van der Waals surface area contributed by atoms with Crippen molar-refractivity contribution in [2.75, 3.05) is 5.32 Å². The molecule has 3 aromatic carbocycles. The van der Waals surface area contributed by atoms with Gasteiger partial charge >= 0.3 is 6.09 Å². The average molecular weight is 574 g/mol. The Bertz CT molecular complexity index is 1410. The second kappa shape index (κ2) is 13.4. The number of fused-ring (bicyclic) bond motifs is 1. The lowest BCUT2D eigenvalue weighted by molar-refractivity contribution is -0.148. The van der Waals surface area contributed by atoms with Crippen LogP contribution in [0.1, 0.15) is 85.4 Å². The third-order valence-electron chi connectivity index (χ3n) is 7.46. The highest BCUT2D eigenvalue weighted by molar-refractivity contribution is 6.00. The van der Waals surface area contributed by atoms with Gasteiger partial charge in [-0.05, 0) is 94.3 Å². The van der Waals surface area contributed by atoms with Crippen molar-refractivity contribution in [3.8, 4) is 0 Å². The summed E-state index contributed by atoms with van der Waals surface area (Å²) in [4.78, 5) is 43.5. The third-order valence-corrected chi connectivity index (χ3v) is 7.46. The molecule has 2 atom stereocenters. The van der Waals surface area contributed by atoms with Crippen LogP contribution in [-0.4, -0.2) is 40.0 Å². The molecule has 0 aliphatic heterocycles. The minimum atomic E-state index is -0.949.